The standard InChI is InChI=1S/C19H17F7N2O.2ClH/c20-15-3-1-2-14(18(21,22)23)16(15)17(28-10-8-27-9-11-28)12-4-6-13(7-5-12)29-19(24,25)26;;/h1-7,17,27H,8-11H2;2*1H/t17-;;/m1../s1. The third-order valence-electron chi connectivity index (χ3n) is 4.58. The molecule has 1 fully saturated rings. The molecular formula is C19H19Cl2F7N2O. The van der Waals surface area contributed by atoms with Crippen molar-refractivity contribution in [2.24, 2.45) is 0 Å². The average Bonchev–Trinajstić information content (AvgIpc) is 2.63. The molecule has 1 N–H and O–H groups in total. The van der Waals surface area contributed by atoms with Crippen LogP contribution in [-0.4, -0.2) is 37.4 Å². The molecule has 0 spiro atoms. The van der Waals surface area contributed by atoms with Crippen molar-refractivity contribution in [3.05, 3.63) is 65.0 Å². The zero-order valence-electron chi connectivity index (χ0n) is 15.8. The fraction of sp³-hybridized carbons (Fsp3) is 0.368. The first kappa shape index (κ1) is 27.3. The van der Waals surface area contributed by atoms with Gasteiger partial charge >= 0.3 is 12.5 Å². The van der Waals surface area contributed by atoms with Gasteiger partial charge < -0.3 is 10.1 Å². The third-order valence-corrected chi connectivity index (χ3v) is 4.58. The maximum absolute atomic E-state index is 14.7. The number of nitrogens with zero attached hydrogens (tertiary/aromatic N) is 1. The molecule has 1 atom stereocenters. The van der Waals surface area contributed by atoms with E-state index in [0.29, 0.717) is 26.2 Å². The lowest BCUT2D eigenvalue weighted by molar-refractivity contribution is -0.274. The Labute approximate surface area is 186 Å². The highest BCUT2D eigenvalue weighted by Crippen LogP contribution is 2.41. The van der Waals surface area contributed by atoms with Crippen LogP contribution in [0.3, 0.4) is 0 Å². The highest BCUT2D eigenvalue weighted by Gasteiger charge is 2.39. The molecule has 12 heteroatoms. The summed E-state index contributed by atoms with van der Waals surface area (Å²) in [5, 5.41) is 3.06. The maximum Gasteiger partial charge on any atom is 0.573 e. The van der Waals surface area contributed by atoms with E-state index in [1.165, 1.54) is 12.1 Å². The maximum atomic E-state index is 14.7. The second-order valence-electron chi connectivity index (χ2n) is 6.50. The topological polar surface area (TPSA) is 24.5 Å². The summed E-state index contributed by atoms with van der Waals surface area (Å²) in [5.74, 6) is -1.54. The zero-order chi connectivity index (χ0) is 21.2. The molecule has 3 rings (SSSR count). The summed E-state index contributed by atoms with van der Waals surface area (Å²) in [6, 6.07) is 6.07. The first-order valence-electron chi connectivity index (χ1n) is 8.72. The molecule has 1 aliphatic rings. The van der Waals surface area contributed by atoms with Gasteiger partial charge in [-0.15, -0.1) is 38.0 Å². The van der Waals surface area contributed by atoms with Gasteiger partial charge in [0.15, 0.2) is 0 Å². The number of nitrogens with one attached hydrogen (secondary N) is 1. The van der Waals surface area contributed by atoms with E-state index in [1.807, 2.05) is 0 Å². The number of piperazine rings is 1. The predicted molar refractivity (Wildman–Crippen MR) is 105 cm³/mol. The monoisotopic (exact) mass is 494 g/mol. The van der Waals surface area contributed by atoms with Crippen LogP contribution in [0.2, 0.25) is 0 Å². The van der Waals surface area contributed by atoms with Crippen molar-refractivity contribution in [1.29, 1.82) is 0 Å². The van der Waals surface area contributed by atoms with Gasteiger partial charge in [0.25, 0.3) is 0 Å². The Hall–Kier alpha value is -1.75. The Kier molecular flexibility index (Phi) is 9.43. The molecule has 0 bridgehead atoms. The molecule has 0 aliphatic carbocycles. The van der Waals surface area contributed by atoms with E-state index in [-0.39, 0.29) is 30.4 Å². The second kappa shape index (κ2) is 10.7. The van der Waals surface area contributed by atoms with Gasteiger partial charge in [-0.25, -0.2) is 4.39 Å². The molecule has 174 valence electrons. The lowest BCUT2D eigenvalue weighted by Gasteiger charge is -2.36. The van der Waals surface area contributed by atoms with Crippen molar-refractivity contribution >= 4 is 24.8 Å². The van der Waals surface area contributed by atoms with Crippen LogP contribution in [0.1, 0.15) is 22.7 Å². The quantitative estimate of drug-likeness (QED) is 0.561. The largest absolute Gasteiger partial charge is 0.573 e. The Morgan fingerprint density at radius 1 is 0.871 bits per heavy atom. The van der Waals surface area contributed by atoms with E-state index >= 15 is 0 Å². The van der Waals surface area contributed by atoms with Crippen LogP contribution in [-0.2, 0) is 6.18 Å². The van der Waals surface area contributed by atoms with Crippen molar-refractivity contribution in [2.75, 3.05) is 26.2 Å². The molecule has 0 aromatic heterocycles. The number of hydrogen-bond donors (Lipinski definition) is 1. The molecule has 31 heavy (non-hydrogen) atoms. The highest BCUT2D eigenvalue weighted by molar-refractivity contribution is 5.85. The van der Waals surface area contributed by atoms with Crippen LogP contribution in [0, 0.1) is 5.82 Å². The fourth-order valence-electron chi connectivity index (χ4n) is 3.41. The fourth-order valence-corrected chi connectivity index (χ4v) is 3.41. The average molecular weight is 495 g/mol. The van der Waals surface area contributed by atoms with Gasteiger partial charge in [0, 0.05) is 31.7 Å². The lowest BCUT2D eigenvalue weighted by Crippen LogP contribution is -2.46. The molecule has 1 heterocycles. The summed E-state index contributed by atoms with van der Waals surface area (Å²) < 4.78 is 96.3. The van der Waals surface area contributed by atoms with E-state index in [1.54, 1.807) is 4.90 Å². The zero-order valence-corrected chi connectivity index (χ0v) is 17.4. The number of ether oxygens (including phenoxy) is 1. The molecule has 2 aromatic carbocycles. The van der Waals surface area contributed by atoms with Crippen molar-refractivity contribution in [2.45, 2.75) is 18.6 Å². The second-order valence-corrected chi connectivity index (χ2v) is 6.50. The van der Waals surface area contributed by atoms with Crippen molar-refractivity contribution < 1.29 is 35.5 Å². The number of benzene rings is 2. The molecule has 2 aromatic rings. The van der Waals surface area contributed by atoms with Crippen molar-refractivity contribution in [3.8, 4) is 5.75 Å². The van der Waals surface area contributed by atoms with Crippen molar-refractivity contribution in [3.63, 3.8) is 0 Å². The molecule has 0 unspecified atom stereocenters. The Morgan fingerprint density at radius 2 is 1.45 bits per heavy atom. The summed E-state index contributed by atoms with van der Waals surface area (Å²) >= 11 is 0. The van der Waals surface area contributed by atoms with E-state index < -0.39 is 41.3 Å². The summed E-state index contributed by atoms with van der Waals surface area (Å²) in [4.78, 5) is 1.67. The summed E-state index contributed by atoms with van der Waals surface area (Å²) in [6.07, 6.45) is -9.68. The van der Waals surface area contributed by atoms with Gasteiger partial charge in [0.05, 0.1) is 11.6 Å². The van der Waals surface area contributed by atoms with E-state index in [9.17, 15) is 30.7 Å². The Balaban J connectivity index is 0.00000240. The predicted octanol–water partition coefficient (Wildman–Crippen LogP) is 5.58. The Bertz CT molecular complexity index is 839. The van der Waals surface area contributed by atoms with Gasteiger partial charge in [-0.1, -0.05) is 18.2 Å². The summed E-state index contributed by atoms with van der Waals surface area (Å²) in [7, 11) is 0. The first-order valence-corrected chi connectivity index (χ1v) is 8.72. The molecule has 3 nitrogen and oxygen atoms in total. The minimum Gasteiger partial charge on any atom is -0.406 e. The third kappa shape index (κ3) is 6.86. The van der Waals surface area contributed by atoms with Gasteiger partial charge in [-0.2, -0.15) is 13.2 Å². The normalized spacial score (nSPS) is 16.1. The number of rotatable bonds is 4. The highest BCUT2D eigenvalue weighted by atomic mass is 35.5. The minimum absolute atomic E-state index is 0. The van der Waals surface area contributed by atoms with Gasteiger partial charge in [0.2, 0.25) is 0 Å². The lowest BCUT2D eigenvalue weighted by atomic mass is 9.91. The van der Waals surface area contributed by atoms with Gasteiger partial charge in [0.1, 0.15) is 11.6 Å². The SMILES string of the molecule is Cl.Cl.Fc1cccc(C(F)(F)F)c1[C@@H](c1ccc(OC(F)(F)F)cc1)N1CCNCC1. The Morgan fingerprint density at radius 3 is 1.97 bits per heavy atom. The van der Waals surface area contributed by atoms with Crippen LogP contribution in [0.15, 0.2) is 42.5 Å². The van der Waals surface area contributed by atoms with E-state index in [2.05, 4.69) is 10.1 Å². The van der Waals surface area contributed by atoms with Crippen LogP contribution in [0.5, 0.6) is 5.75 Å². The van der Waals surface area contributed by atoms with Crippen molar-refractivity contribution in [1.82, 2.24) is 10.2 Å². The molecule has 1 saturated heterocycles. The van der Waals surface area contributed by atoms with Gasteiger partial charge in [-0.05, 0) is 29.8 Å². The van der Waals surface area contributed by atoms with Gasteiger partial charge in [-0.3, -0.25) is 4.90 Å². The van der Waals surface area contributed by atoms with E-state index in [0.717, 1.165) is 30.3 Å². The molecule has 0 saturated carbocycles. The summed E-state index contributed by atoms with van der Waals surface area (Å²) in [6.45, 7) is 1.66. The van der Waals surface area contributed by atoms with Crippen LogP contribution < -0.4 is 10.1 Å². The van der Waals surface area contributed by atoms with Crippen LogP contribution in [0.25, 0.3) is 0 Å². The van der Waals surface area contributed by atoms with Crippen LogP contribution in [0.4, 0.5) is 30.7 Å². The van der Waals surface area contributed by atoms with Crippen LogP contribution >= 0.6 is 24.8 Å². The number of alkyl halides is 6. The first-order chi connectivity index (χ1) is 13.6. The molecule has 0 amide bonds. The molecular weight excluding hydrogens is 476 g/mol. The van der Waals surface area contributed by atoms with E-state index in [4.69, 9.17) is 0 Å². The molecule has 0 radical (unpaired) electrons. The molecule has 1 aliphatic heterocycles. The smallest absolute Gasteiger partial charge is 0.406 e. The minimum atomic E-state index is -4.89. The number of hydrogen-bond acceptors (Lipinski definition) is 3. The number of halogens is 9. The summed E-state index contributed by atoms with van der Waals surface area (Å²) in [5.41, 5.74) is -1.43.